The van der Waals surface area contributed by atoms with E-state index in [2.05, 4.69) is 19.2 Å². The summed E-state index contributed by atoms with van der Waals surface area (Å²) in [5.74, 6) is -0.906. The third-order valence-corrected chi connectivity index (χ3v) is 4.41. The second kappa shape index (κ2) is 9.14. The molecule has 2 aromatic rings. The Morgan fingerprint density at radius 3 is 2.44 bits per heavy atom. The quantitative estimate of drug-likeness (QED) is 0.424. The number of ether oxygens (including phenoxy) is 1. The van der Waals surface area contributed by atoms with Crippen molar-refractivity contribution < 1.29 is 19.2 Å². The summed E-state index contributed by atoms with van der Waals surface area (Å²) in [6.07, 6.45) is 1.02. The predicted octanol–water partition coefficient (Wildman–Crippen LogP) is 4.56. The number of halogens is 1. The SMILES string of the molecule is CC[C@@H](C)c1ccc(NC(=O)COC(=O)c2ccc([N+](=O)[O-])cc2Cl)cc1. The molecule has 2 rings (SSSR count). The van der Waals surface area contributed by atoms with Crippen LogP contribution in [0.25, 0.3) is 0 Å². The molecule has 0 bridgehead atoms. The minimum absolute atomic E-state index is 0.0482. The minimum Gasteiger partial charge on any atom is -0.452 e. The van der Waals surface area contributed by atoms with Gasteiger partial charge in [0.2, 0.25) is 0 Å². The van der Waals surface area contributed by atoms with Crippen molar-refractivity contribution in [3.63, 3.8) is 0 Å². The van der Waals surface area contributed by atoms with E-state index in [9.17, 15) is 19.7 Å². The van der Waals surface area contributed by atoms with Gasteiger partial charge in [-0.1, -0.05) is 37.6 Å². The van der Waals surface area contributed by atoms with E-state index >= 15 is 0 Å². The fraction of sp³-hybridized carbons (Fsp3) is 0.263. The molecule has 0 unspecified atom stereocenters. The molecule has 0 aliphatic rings. The third-order valence-electron chi connectivity index (χ3n) is 4.09. The van der Waals surface area contributed by atoms with Gasteiger partial charge in [-0.3, -0.25) is 14.9 Å². The first-order chi connectivity index (χ1) is 12.8. The summed E-state index contributed by atoms with van der Waals surface area (Å²) in [6, 6.07) is 10.8. The molecular formula is C19H19ClN2O5. The van der Waals surface area contributed by atoms with E-state index in [4.69, 9.17) is 16.3 Å². The smallest absolute Gasteiger partial charge is 0.340 e. The van der Waals surface area contributed by atoms with E-state index in [1.165, 1.54) is 11.6 Å². The van der Waals surface area contributed by atoms with Gasteiger partial charge in [0.05, 0.1) is 15.5 Å². The highest BCUT2D eigenvalue weighted by molar-refractivity contribution is 6.33. The Bertz CT molecular complexity index is 852. The molecule has 0 fully saturated rings. The average Bonchev–Trinajstić information content (AvgIpc) is 2.65. The fourth-order valence-corrected chi connectivity index (χ4v) is 2.57. The second-order valence-corrected chi connectivity index (χ2v) is 6.38. The Kier molecular flexibility index (Phi) is 6.90. The molecule has 0 aliphatic heterocycles. The Morgan fingerprint density at radius 2 is 1.89 bits per heavy atom. The van der Waals surface area contributed by atoms with E-state index in [1.807, 2.05) is 12.1 Å². The number of rotatable bonds is 7. The number of amides is 1. The Morgan fingerprint density at radius 1 is 1.22 bits per heavy atom. The third kappa shape index (κ3) is 5.52. The monoisotopic (exact) mass is 390 g/mol. The number of hydrogen-bond donors (Lipinski definition) is 1. The molecule has 0 saturated heterocycles. The Balaban J connectivity index is 1.91. The number of esters is 1. The standard InChI is InChI=1S/C19H19ClN2O5/c1-3-12(2)13-4-6-14(7-5-13)21-18(23)11-27-19(24)16-9-8-15(22(25)26)10-17(16)20/h4-10,12H,3,11H2,1-2H3,(H,21,23)/t12-/m1/s1. The lowest BCUT2D eigenvalue weighted by molar-refractivity contribution is -0.384. The summed E-state index contributed by atoms with van der Waals surface area (Å²) < 4.78 is 4.92. The van der Waals surface area contributed by atoms with Crippen molar-refractivity contribution in [1.29, 1.82) is 0 Å². The van der Waals surface area contributed by atoms with Gasteiger partial charge in [0, 0.05) is 17.8 Å². The van der Waals surface area contributed by atoms with Gasteiger partial charge in [-0.05, 0) is 36.1 Å². The molecule has 0 spiro atoms. The van der Waals surface area contributed by atoms with Gasteiger partial charge in [-0.15, -0.1) is 0 Å². The number of anilines is 1. The number of carbonyl (C=O) groups excluding carboxylic acids is 2. The van der Waals surface area contributed by atoms with Crippen LogP contribution in [-0.2, 0) is 9.53 Å². The minimum atomic E-state index is -0.836. The van der Waals surface area contributed by atoms with E-state index < -0.39 is 23.4 Å². The molecule has 27 heavy (non-hydrogen) atoms. The van der Waals surface area contributed by atoms with Crippen LogP contribution in [-0.4, -0.2) is 23.4 Å². The molecule has 142 valence electrons. The Hall–Kier alpha value is -2.93. The van der Waals surface area contributed by atoms with Crippen LogP contribution in [0, 0.1) is 10.1 Å². The van der Waals surface area contributed by atoms with Crippen LogP contribution in [0.3, 0.4) is 0 Å². The lowest BCUT2D eigenvalue weighted by Gasteiger charge is -2.11. The molecule has 2 aromatic carbocycles. The lowest BCUT2D eigenvalue weighted by atomic mass is 9.99. The fourth-order valence-electron chi connectivity index (χ4n) is 2.32. The molecule has 1 atom stereocenters. The number of benzene rings is 2. The van der Waals surface area contributed by atoms with Gasteiger partial charge >= 0.3 is 5.97 Å². The molecule has 1 N–H and O–H groups in total. The van der Waals surface area contributed by atoms with Gasteiger partial charge in [-0.2, -0.15) is 0 Å². The molecule has 7 nitrogen and oxygen atoms in total. The lowest BCUT2D eigenvalue weighted by Crippen LogP contribution is -2.21. The molecule has 0 saturated carbocycles. The second-order valence-electron chi connectivity index (χ2n) is 5.98. The zero-order chi connectivity index (χ0) is 20.0. The number of non-ortho nitro benzene ring substituents is 1. The van der Waals surface area contributed by atoms with Crippen LogP contribution in [0.1, 0.15) is 42.1 Å². The van der Waals surface area contributed by atoms with Crippen LogP contribution < -0.4 is 5.32 Å². The number of nitro groups is 1. The molecule has 1 amide bonds. The first-order valence-electron chi connectivity index (χ1n) is 8.32. The van der Waals surface area contributed by atoms with Crippen molar-refractivity contribution >= 4 is 34.9 Å². The maximum absolute atomic E-state index is 12.0. The van der Waals surface area contributed by atoms with E-state index in [0.29, 0.717) is 11.6 Å². The van der Waals surface area contributed by atoms with Crippen LogP contribution in [0.5, 0.6) is 0 Å². The summed E-state index contributed by atoms with van der Waals surface area (Å²) in [7, 11) is 0. The van der Waals surface area contributed by atoms with Crippen molar-refractivity contribution in [2.45, 2.75) is 26.2 Å². The highest BCUT2D eigenvalue weighted by Crippen LogP contribution is 2.23. The summed E-state index contributed by atoms with van der Waals surface area (Å²) in [5, 5.41) is 13.2. The normalized spacial score (nSPS) is 11.5. The molecule has 0 aromatic heterocycles. The molecule has 8 heteroatoms. The highest BCUT2D eigenvalue weighted by atomic mass is 35.5. The Labute approximate surface area is 161 Å². The van der Waals surface area contributed by atoms with E-state index in [-0.39, 0.29) is 16.3 Å². The van der Waals surface area contributed by atoms with Crippen LogP contribution in [0.4, 0.5) is 11.4 Å². The zero-order valence-electron chi connectivity index (χ0n) is 14.9. The summed E-state index contributed by atoms with van der Waals surface area (Å²) in [5.41, 5.74) is 1.48. The van der Waals surface area contributed by atoms with Crippen LogP contribution >= 0.6 is 11.6 Å². The average molecular weight is 391 g/mol. The summed E-state index contributed by atoms with van der Waals surface area (Å²) in [4.78, 5) is 34.0. The number of nitrogens with zero attached hydrogens (tertiary/aromatic N) is 1. The van der Waals surface area contributed by atoms with Crippen molar-refractivity contribution in [2.24, 2.45) is 0 Å². The van der Waals surface area contributed by atoms with Crippen molar-refractivity contribution in [1.82, 2.24) is 0 Å². The van der Waals surface area contributed by atoms with Gasteiger partial charge in [0.1, 0.15) is 0 Å². The van der Waals surface area contributed by atoms with Crippen molar-refractivity contribution in [3.8, 4) is 0 Å². The van der Waals surface area contributed by atoms with Gasteiger partial charge < -0.3 is 10.1 Å². The molecule has 0 aliphatic carbocycles. The maximum atomic E-state index is 12.0. The largest absolute Gasteiger partial charge is 0.452 e. The van der Waals surface area contributed by atoms with Crippen molar-refractivity contribution in [3.05, 3.63) is 68.7 Å². The molecule has 0 heterocycles. The number of nitrogens with one attached hydrogen (secondary N) is 1. The van der Waals surface area contributed by atoms with Crippen molar-refractivity contribution in [2.75, 3.05) is 11.9 Å². The molecule has 0 radical (unpaired) electrons. The topological polar surface area (TPSA) is 98.5 Å². The zero-order valence-corrected chi connectivity index (χ0v) is 15.7. The van der Waals surface area contributed by atoms with Gasteiger partial charge in [0.25, 0.3) is 11.6 Å². The van der Waals surface area contributed by atoms with Gasteiger partial charge in [-0.25, -0.2) is 4.79 Å². The molecular weight excluding hydrogens is 372 g/mol. The predicted molar refractivity (Wildman–Crippen MR) is 102 cm³/mol. The highest BCUT2D eigenvalue weighted by Gasteiger charge is 2.17. The summed E-state index contributed by atoms with van der Waals surface area (Å²) >= 11 is 5.86. The maximum Gasteiger partial charge on any atom is 0.340 e. The van der Waals surface area contributed by atoms with E-state index in [1.54, 1.807) is 12.1 Å². The van der Waals surface area contributed by atoms with E-state index in [0.717, 1.165) is 18.6 Å². The van der Waals surface area contributed by atoms with Crippen LogP contribution in [0.2, 0.25) is 5.02 Å². The summed E-state index contributed by atoms with van der Waals surface area (Å²) in [6.45, 7) is 3.72. The first kappa shape index (κ1) is 20.4. The first-order valence-corrected chi connectivity index (χ1v) is 8.70. The van der Waals surface area contributed by atoms with Gasteiger partial charge in [0.15, 0.2) is 6.61 Å². The number of hydrogen-bond acceptors (Lipinski definition) is 5. The van der Waals surface area contributed by atoms with Crippen LogP contribution in [0.15, 0.2) is 42.5 Å². The number of nitro benzene ring substituents is 1. The number of carbonyl (C=O) groups is 2.